The molecule has 3 N–H and O–H groups in total. The number of hydrogen-bond donors (Lipinski definition) is 2. The Kier molecular flexibility index (Phi) is 6.89. The van der Waals surface area contributed by atoms with Crippen LogP contribution in [0.3, 0.4) is 0 Å². The summed E-state index contributed by atoms with van der Waals surface area (Å²) in [6, 6.07) is 3.52. The van der Waals surface area contributed by atoms with Gasteiger partial charge in [-0.1, -0.05) is 0 Å². The van der Waals surface area contributed by atoms with Crippen LogP contribution in [0, 0.1) is 0 Å². The zero-order valence-electron chi connectivity index (χ0n) is 11.7. The maximum absolute atomic E-state index is 11.6. The molecular formula is C14H23N3O2. The molecule has 1 rings (SSSR count). The number of amides is 1. The number of ether oxygens (including phenoxy) is 1. The third kappa shape index (κ3) is 7.41. The fraction of sp³-hybridized carbons (Fsp3) is 0.571. The van der Waals surface area contributed by atoms with Crippen LogP contribution in [-0.2, 0) is 16.0 Å². The molecule has 1 amide bonds. The summed E-state index contributed by atoms with van der Waals surface area (Å²) in [6.45, 7) is 5.45. The summed E-state index contributed by atoms with van der Waals surface area (Å²) in [4.78, 5) is 15.7. The van der Waals surface area contributed by atoms with Crippen LogP contribution in [0.4, 0.5) is 5.69 Å². The van der Waals surface area contributed by atoms with Gasteiger partial charge in [-0.25, -0.2) is 0 Å². The molecule has 0 bridgehead atoms. The normalized spacial score (nSPS) is 10.7. The van der Waals surface area contributed by atoms with E-state index in [0.717, 1.165) is 25.1 Å². The van der Waals surface area contributed by atoms with E-state index in [9.17, 15) is 4.79 Å². The molecule has 0 unspecified atom stereocenters. The first-order valence-electron chi connectivity index (χ1n) is 6.66. The summed E-state index contributed by atoms with van der Waals surface area (Å²) >= 11 is 0. The number of pyridine rings is 1. The third-order valence-electron chi connectivity index (χ3n) is 2.53. The Morgan fingerprint density at radius 3 is 2.84 bits per heavy atom. The lowest BCUT2D eigenvalue weighted by Crippen LogP contribution is -2.26. The van der Waals surface area contributed by atoms with Gasteiger partial charge in [0.2, 0.25) is 5.91 Å². The van der Waals surface area contributed by atoms with Gasteiger partial charge in [-0.15, -0.1) is 0 Å². The number of aromatic nitrogens is 1. The van der Waals surface area contributed by atoms with Crippen molar-refractivity contribution in [3.05, 3.63) is 24.0 Å². The lowest BCUT2D eigenvalue weighted by molar-refractivity contribution is -0.120. The van der Waals surface area contributed by atoms with E-state index in [4.69, 9.17) is 10.5 Å². The fourth-order valence-corrected chi connectivity index (χ4v) is 1.54. The van der Waals surface area contributed by atoms with Crippen molar-refractivity contribution < 1.29 is 9.53 Å². The van der Waals surface area contributed by atoms with Crippen LogP contribution in [-0.4, -0.2) is 30.1 Å². The van der Waals surface area contributed by atoms with Crippen molar-refractivity contribution in [2.75, 3.05) is 18.9 Å². The Hall–Kier alpha value is -1.62. The van der Waals surface area contributed by atoms with Crippen molar-refractivity contribution in [2.24, 2.45) is 0 Å². The summed E-state index contributed by atoms with van der Waals surface area (Å²) in [5.41, 5.74) is 6.87. The maximum Gasteiger partial charge on any atom is 0.226 e. The molecule has 5 heteroatoms. The van der Waals surface area contributed by atoms with Gasteiger partial charge in [0.15, 0.2) is 0 Å². The third-order valence-corrected chi connectivity index (χ3v) is 2.53. The Morgan fingerprint density at radius 1 is 1.42 bits per heavy atom. The van der Waals surface area contributed by atoms with Crippen molar-refractivity contribution in [3.8, 4) is 0 Å². The number of anilines is 1. The summed E-state index contributed by atoms with van der Waals surface area (Å²) in [7, 11) is 0. The van der Waals surface area contributed by atoms with Gasteiger partial charge in [0.1, 0.15) is 0 Å². The van der Waals surface area contributed by atoms with Crippen molar-refractivity contribution in [1.29, 1.82) is 0 Å². The molecule has 0 aromatic carbocycles. The maximum atomic E-state index is 11.6. The summed E-state index contributed by atoms with van der Waals surface area (Å²) in [5, 5.41) is 2.87. The lowest BCUT2D eigenvalue weighted by atomic mass is 10.2. The number of rotatable bonds is 8. The summed E-state index contributed by atoms with van der Waals surface area (Å²) in [6.07, 6.45) is 4.01. The molecule has 1 heterocycles. The van der Waals surface area contributed by atoms with Crippen molar-refractivity contribution in [2.45, 2.75) is 39.2 Å². The summed E-state index contributed by atoms with van der Waals surface area (Å²) < 4.78 is 5.42. The van der Waals surface area contributed by atoms with Gasteiger partial charge >= 0.3 is 0 Å². The Morgan fingerprint density at radius 2 is 2.21 bits per heavy atom. The average Bonchev–Trinajstić information content (AvgIpc) is 2.36. The molecule has 0 aliphatic heterocycles. The van der Waals surface area contributed by atoms with Crippen LogP contribution in [0.2, 0.25) is 0 Å². The second kappa shape index (κ2) is 8.48. The van der Waals surface area contributed by atoms with Gasteiger partial charge in [-0.05, 0) is 38.8 Å². The predicted molar refractivity (Wildman–Crippen MR) is 75.7 cm³/mol. The van der Waals surface area contributed by atoms with E-state index in [0.29, 0.717) is 18.7 Å². The first-order valence-corrected chi connectivity index (χ1v) is 6.66. The van der Waals surface area contributed by atoms with E-state index in [2.05, 4.69) is 10.3 Å². The Bertz CT molecular complexity index is 377. The second-order valence-electron chi connectivity index (χ2n) is 4.74. The van der Waals surface area contributed by atoms with Gasteiger partial charge in [-0.2, -0.15) is 0 Å². The van der Waals surface area contributed by atoms with Gasteiger partial charge in [0, 0.05) is 18.8 Å². The molecular weight excluding hydrogens is 242 g/mol. The van der Waals surface area contributed by atoms with E-state index in [1.54, 1.807) is 18.3 Å². The minimum absolute atomic E-state index is 0.0120. The Labute approximate surface area is 114 Å². The molecule has 0 radical (unpaired) electrons. The molecule has 0 aliphatic carbocycles. The van der Waals surface area contributed by atoms with Gasteiger partial charge < -0.3 is 15.8 Å². The topological polar surface area (TPSA) is 77.2 Å². The zero-order chi connectivity index (χ0) is 14.1. The van der Waals surface area contributed by atoms with Gasteiger partial charge in [0.05, 0.1) is 24.4 Å². The van der Waals surface area contributed by atoms with Crippen molar-refractivity contribution >= 4 is 11.6 Å². The number of nitrogens with two attached hydrogens (primary N) is 1. The molecule has 0 fully saturated rings. The molecule has 0 saturated heterocycles. The molecule has 0 spiro atoms. The molecule has 5 nitrogen and oxygen atoms in total. The highest BCUT2D eigenvalue weighted by Gasteiger charge is 2.03. The van der Waals surface area contributed by atoms with E-state index in [-0.39, 0.29) is 12.0 Å². The Balaban J connectivity index is 2.09. The van der Waals surface area contributed by atoms with Crippen LogP contribution in [0.1, 0.15) is 32.4 Å². The number of hydrogen-bond acceptors (Lipinski definition) is 4. The standard InChI is InChI=1S/C14H23N3O2/c1-11(2)19-8-4-3-7-16-14(18)9-13-6-5-12(15)10-17-13/h5-6,10-11H,3-4,7-9,15H2,1-2H3,(H,16,18). The quantitative estimate of drug-likeness (QED) is 0.699. The van der Waals surface area contributed by atoms with E-state index < -0.39 is 0 Å². The minimum atomic E-state index is -0.0120. The highest BCUT2D eigenvalue weighted by molar-refractivity contribution is 5.78. The molecule has 106 valence electrons. The molecule has 0 aliphatic rings. The largest absolute Gasteiger partial charge is 0.397 e. The van der Waals surface area contributed by atoms with Crippen molar-refractivity contribution in [3.63, 3.8) is 0 Å². The van der Waals surface area contributed by atoms with E-state index >= 15 is 0 Å². The van der Waals surface area contributed by atoms with Gasteiger partial charge in [-0.3, -0.25) is 9.78 Å². The molecule has 19 heavy (non-hydrogen) atoms. The highest BCUT2D eigenvalue weighted by Crippen LogP contribution is 2.01. The predicted octanol–water partition coefficient (Wildman–Crippen LogP) is 1.53. The number of carbonyl (C=O) groups excluding carboxylic acids is 1. The fourth-order valence-electron chi connectivity index (χ4n) is 1.54. The van der Waals surface area contributed by atoms with Crippen LogP contribution in [0.25, 0.3) is 0 Å². The smallest absolute Gasteiger partial charge is 0.226 e. The zero-order valence-corrected chi connectivity index (χ0v) is 11.7. The number of nitrogens with one attached hydrogen (secondary N) is 1. The summed E-state index contributed by atoms with van der Waals surface area (Å²) in [5.74, 6) is -0.0120. The van der Waals surface area contributed by atoms with Crippen LogP contribution in [0.15, 0.2) is 18.3 Å². The van der Waals surface area contributed by atoms with E-state index in [1.165, 1.54) is 0 Å². The average molecular weight is 265 g/mol. The number of nitrogen functional groups attached to an aromatic ring is 1. The number of nitrogens with zero attached hydrogens (tertiary/aromatic N) is 1. The first-order chi connectivity index (χ1) is 9.08. The molecule has 1 aromatic heterocycles. The van der Waals surface area contributed by atoms with E-state index in [1.807, 2.05) is 13.8 Å². The monoisotopic (exact) mass is 265 g/mol. The van der Waals surface area contributed by atoms with Crippen LogP contribution in [0.5, 0.6) is 0 Å². The highest BCUT2D eigenvalue weighted by atomic mass is 16.5. The van der Waals surface area contributed by atoms with Crippen molar-refractivity contribution in [1.82, 2.24) is 10.3 Å². The van der Waals surface area contributed by atoms with Crippen LogP contribution < -0.4 is 11.1 Å². The number of unbranched alkanes of at least 4 members (excludes halogenated alkanes) is 1. The second-order valence-corrected chi connectivity index (χ2v) is 4.74. The molecule has 1 aromatic rings. The SMILES string of the molecule is CC(C)OCCCCNC(=O)Cc1ccc(N)cn1. The molecule has 0 atom stereocenters. The first kappa shape index (κ1) is 15.4. The number of carbonyl (C=O) groups is 1. The van der Waals surface area contributed by atoms with Gasteiger partial charge in [0.25, 0.3) is 0 Å². The minimum Gasteiger partial charge on any atom is -0.397 e. The van der Waals surface area contributed by atoms with Crippen LogP contribution >= 0.6 is 0 Å². The lowest BCUT2D eigenvalue weighted by Gasteiger charge is -2.08. The molecule has 0 saturated carbocycles.